The SMILES string of the molecule is C=C1SN(C)C(C)=C1C.CC. The lowest BCUT2D eigenvalue weighted by molar-refractivity contribution is 0.711. The van der Waals surface area contributed by atoms with Gasteiger partial charge in [0.05, 0.1) is 0 Å². The van der Waals surface area contributed by atoms with Gasteiger partial charge in [-0.1, -0.05) is 20.4 Å². The van der Waals surface area contributed by atoms with Crippen molar-refractivity contribution in [2.24, 2.45) is 0 Å². The summed E-state index contributed by atoms with van der Waals surface area (Å²) in [6.45, 7) is 12.1. The number of allylic oxidation sites excluding steroid dienone is 2. The van der Waals surface area contributed by atoms with Gasteiger partial charge in [0.25, 0.3) is 0 Å². The molecule has 2 heteroatoms. The lowest BCUT2D eigenvalue weighted by atomic mass is 10.2. The van der Waals surface area contributed by atoms with Gasteiger partial charge in [-0.25, -0.2) is 0 Å². The average Bonchev–Trinajstić information content (AvgIpc) is 2.22. The monoisotopic (exact) mass is 171 g/mol. The Morgan fingerprint density at radius 2 is 1.73 bits per heavy atom. The van der Waals surface area contributed by atoms with E-state index in [-0.39, 0.29) is 0 Å². The third kappa shape index (κ3) is 2.29. The first-order valence-electron chi connectivity index (χ1n) is 3.91. The van der Waals surface area contributed by atoms with E-state index in [1.165, 1.54) is 16.2 Å². The quantitative estimate of drug-likeness (QED) is 0.514. The number of rotatable bonds is 0. The highest BCUT2D eigenvalue weighted by Crippen LogP contribution is 2.37. The summed E-state index contributed by atoms with van der Waals surface area (Å²) in [5.74, 6) is 0. The molecular weight excluding hydrogens is 154 g/mol. The average molecular weight is 171 g/mol. The van der Waals surface area contributed by atoms with Gasteiger partial charge in [0.1, 0.15) is 0 Å². The molecule has 0 saturated carbocycles. The van der Waals surface area contributed by atoms with E-state index in [2.05, 4.69) is 31.8 Å². The molecule has 1 aliphatic rings. The smallest absolute Gasteiger partial charge is 0.0261 e. The number of nitrogens with zero attached hydrogens (tertiary/aromatic N) is 1. The molecule has 64 valence electrons. The van der Waals surface area contributed by atoms with Crippen molar-refractivity contribution in [1.29, 1.82) is 0 Å². The van der Waals surface area contributed by atoms with Crippen LogP contribution >= 0.6 is 11.9 Å². The summed E-state index contributed by atoms with van der Waals surface area (Å²) in [5.41, 5.74) is 2.65. The van der Waals surface area contributed by atoms with Crippen molar-refractivity contribution in [2.75, 3.05) is 7.05 Å². The fourth-order valence-corrected chi connectivity index (χ4v) is 1.63. The van der Waals surface area contributed by atoms with Crippen LogP contribution in [0.3, 0.4) is 0 Å². The van der Waals surface area contributed by atoms with Gasteiger partial charge in [0.2, 0.25) is 0 Å². The van der Waals surface area contributed by atoms with Crippen molar-refractivity contribution in [3.8, 4) is 0 Å². The maximum Gasteiger partial charge on any atom is 0.0261 e. The van der Waals surface area contributed by atoms with Crippen LogP contribution in [0.1, 0.15) is 27.7 Å². The van der Waals surface area contributed by atoms with E-state index in [0.717, 1.165) is 0 Å². The summed E-state index contributed by atoms with van der Waals surface area (Å²) >= 11 is 1.70. The summed E-state index contributed by atoms with van der Waals surface area (Å²) in [4.78, 5) is 1.18. The van der Waals surface area contributed by atoms with Gasteiger partial charge in [0, 0.05) is 17.6 Å². The second-order valence-electron chi connectivity index (χ2n) is 2.22. The largest absolute Gasteiger partial charge is 0.319 e. The highest BCUT2D eigenvalue weighted by molar-refractivity contribution is 8.01. The molecule has 0 aliphatic carbocycles. The van der Waals surface area contributed by atoms with E-state index in [1.54, 1.807) is 11.9 Å². The van der Waals surface area contributed by atoms with E-state index >= 15 is 0 Å². The summed E-state index contributed by atoms with van der Waals surface area (Å²) in [5, 5.41) is 0. The molecule has 0 aromatic carbocycles. The van der Waals surface area contributed by atoms with Crippen LogP contribution in [-0.2, 0) is 0 Å². The van der Waals surface area contributed by atoms with Crippen LogP contribution in [0.5, 0.6) is 0 Å². The summed E-state index contributed by atoms with van der Waals surface area (Å²) in [6, 6.07) is 0. The second kappa shape index (κ2) is 4.50. The molecule has 0 amide bonds. The topological polar surface area (TPSA) is 3.24 Å². The third-order valence-electron chi connectivity index (χ3n) is 1.68. The Hall–Kier alpha value is -0.370. The number of hydrogen-bond acceptors (Lipinski definition) is 2. The minimum absolute atomic E-state index is 1.18. The molecule has 0 saturated heterocycles. The predicted molar refractivity (Wildman–Crippen MR) is 54.2 cm³/mol. The van der Waals surface area contributed by atoms with Crippen molar-refractivity contribution in [3.05, 3.63) is 22.8 Å². The first-order chi connectivity index (χ1) is 5.13. The zero-order valence-electron chi connectivity index (χ0n) is 8.06. The normalized spacial score (nSPS) is 16.8. The fourth-order valence-electron chi connectivity index (χ4n) is 0.740. The predicted octanol–water partition coefficient (Wildman–Crippen LogP) is 3.41. The van der Waals surface area contributed by atoms with Gasteiger partial charge in [-0.2, -0.15) is 0 Å². The molecule has 1 nitrogen and oxygen atoms in total. The molecule has 0 unspecified atom stereocenters. The van der Waals surface area contributed by atoms with Gasteiger partial charge in [-0.15, -0.1) is 0 Å². The van der Waals surface area contributed by atoms with Gasteiger partial charge in [-0.3, -0.25) is 0 Å². The minimum atomic E-state index is 1.18. The summed E-state index contributed by atoms with van der Waals surface area (Å²) in [7, 11) is 2.06. The van der Waals surface area contributed by atoms with Crippen LogP contribution < -0.4 is 0 Å². The van der Waals surface area contributed by atoms with Crippen molar-refractivity contribution in [2.45, 2.75) is 27.7 Å². The minimum Gasteiger partial charge on any atom is -0.319 e. The Kier molecular flexibility index (Phi) is 4.34. The molecule has 0 bridgehead atoms. The van der Waals surface area contributed by atoms with Crippen molar-refractivity contribution < 1.29 is 0 Å². The molecule has 1 aliphatic heterocycles. The van der Waals surface area contributed by atoms with Crippen LogP contribution in [0.25, 0.3) is 0 Å². The second-order valence-corrected chi connectivity index (χ2v) is 3.45. The molecule has 0 fully saturated rings. The van der Waals surface area contributed by atoms with Crippen LogP contribution in [0.15, 0.2) is 22.8 Å². The highest BCUT2D eigenvalue weighted by Gasteiger charge is 2.15. The fraction of sp³-hybridized carbons (Fsp3) is 0.556. The first kappa shape index (κ1) is 10.6. The Morgan fingerprint density at radius 3 is 1.82 bits per heavy atom. The first-order valence-corrected chi connectivity index (χ1v) is 4.68. The van der Waals surface area contributed by atoms with Crippen LogP contribution in [0, 0.1) is 0 Å². The molecule has 11 heavy (non-hydrogen) atoms. The number of hydrogen-bond donors (Lipinski definition) is 0. The van der Waals surface area contributed by atoms with Crippen LogP contribution in [0.4, 0.5) is 0 Å². The van der Waals surface area contributed by atoms with Gasteiger partial charge < -0.3 is 4.31 Å². The molecule has 0 aromatic heterocycles. The third-order valence-corrected chi connectivity index (χ3v) is 2.75. The Labute approximate surface area is 74.3 Å². The van der Waals surface area contributed by atoms with E-state index in [0.29, 0.717) is 0 Å². The Bertz CT molecular complexity index is 182. The standard InChI is InChI=1S/C7H11NS.C2H6/c1-5-6(2)8(4)9-7(5)3;1-2/h3H2,1-2,4H3;1-2H3. The zero-order chi connectivity index (χ0) is 9.02. The molecule has 0 atom stereocenters. The maximum absolute atomic E-state index is 3.90. The zero-order valence-corrected chi connectivity index (χ0v) is 8.88. The van der Waals surface area contributed by atoms with Crippen molar-refractivity contribution in [1.82, 2.24) is 4.31 Å². The van der Waals surface area contributed by atoms with E-state index in [9.17, 15) is 0 Å². The Morgan fingerprint density at radius 1 is 1.27 bits per heavy atom. The molecule has 0 aromatic rings. The van der Waals surface area contributed by atoms with E-state index in [4.69, 9.17) is 0 Å². The molecule has 0 spiro atoms. The molecule has 0 N–H and O–H groups in total. The molecule has 0 radical (unpaired) electrons. The van der Waals surface area contributed by atoms with E-state index in [1.807, 2.05) is 13.8 Å². The molecular formula is C9H17NS. The highest BCUT2D eigenvalue weighted by atomic mass is 32.2. The lowest BCUT2D eigenvalue weighted by Gasteiger charge is -2.08. The van der Waals surface area contributed by atoms with Gasteiger partial charge in [0.15, 0.2) is 0 Å². The van der Waals surface area contributed by atoms with Crippen molar-refractivity contribution >= 4 is 11.9 Å². The lowest BCUT2D eigenvalue weighted by Crippen LogP contribution is -1.99. The molecule has 1 rings (SSSR count). The Balaban J connectivity index is 0.000000461. The van der Waals surface area contributed by atoms with Crippen molar-refractivity contribution in [3.63, 3.8) is 0 Å². The van der Waals surface area contributed by atoms with Gasteiger partial charge >= 0.3 is 0 Å². The van der Waals surface area contributed by atoms with Crippen LogP contribution in [-0.4, -0.2) is 11.4 Å². The molecule has 1 heterocycles. The summed E-state index contributed by atoms with van der Waals surface area (Å²) < 4.78 is 2.14. The van der Waals surface area contributed by atoms with E-state index < -0.39 is 0 Å². The van der Waals surface area contributed by atoms with Crippen LogP contribution in [0.2, 0.25) is 0 Å². The summed E-state index contributed by atoms with van der Waals surface area (Å²) in [6.07, 6.45) is 0. The van der Waals surface area contributed by atoms with Gasteiger partial charge in [-0.05, 0) is 31.4 Å². The maximum atomic E-state index is 3.90.